The summed E-state index contributed by atoms with van der Waals surface area (Å²) < 4.78 is 0. The Balaban J connectivity index is 1.78. The average Bonchev–Trinajstić information content (AvgIpc) is 2.83. The molecule has 1 aromatic carbocycles. The monoisotopic (exact) mass is 259 g/mol. The van der Waals surface area contributed by atoms with Crippen molar-refractivity contribution in [3.05, 3.63) is 29.3 Å². The van der Waals surface area contributed by atoms with Gasteiger partial charge in [-0.2, -0.15) is 0 Å². The molecule has 3 rings (SSSR count). The third kappa shape index (κ3) is 2.01. The largest absolute Gasteiger partial charge is 0.478 e. The fraction of sp³-hybridized carbons (Fsp3) is 0.467. The lowest BCUT2D eigenvalue weighted by Crippen LogP contribution is -2.19. The lowest BCUT2D eigenvalue weighted by atomic mass is 10.1. The molecule has 19 heavy (non-hydrogen) atoms. The molecule has 1 aromatic rings. The number of aryl methyl sites for hydroxylation is 1. The number of benzene rings is 1. The van der Waals surface area contributed by atoms with Crippen molar-refractivity contribution in [3.8, 4) is 0 Å². The van der Waals surface area contributed by atoms with E-state index in [-0.39, 0.29) is 17.4 Å². The molecule has 0 spiro atoms. The van der Waals surface area contributed by atoms with Crippen molar-refractivity contribution in [3.63, 3.8) is 0 Å². The average molecular weight is 259 g/mol. The van der Waals surface area contributed by atoms with E-state index < -0.39 is 5.97 Å². The SMILES string of the molecule is Cc1cccc(NC(=O)C2C3CCCC32)c1C(=O)O. The number of hydrogen-bond donors (Lipinski definition) is 2. The van der Waals surface area contributed by atoms with Gasteiger partial charge in [0.1, 0.15) is 0 Å². The lowest BCUT2D eigenvalue weighted by molar-refractivity contribution is -0.118. The van der Waals surface area contributed by atoms with E-state index in [4.69, 9.17) is 0 Å². The van der Waals surface area contributed by atoms with Gasteiger partial charge in [-0.1, -0.05) is 18.6 Å². The zero-order valence-electron chi connectivity index (χ0n) is 10.8. The molecule has 2 atom stereocenters. The molecule has 2 fully saturated rings. The quantitative estimate of drug-likeness (QED) is 0.877. The standard InChI is InChI=1S/C15H17NO3/c1-8-4-2-7-11(12(8)15(18)19)16-14(17)13-9-5-3-6-10(9)13/h2,4,7,9-10,13H,3,5-6H2,1H3,(H,16,17)(H,18,19). The smallest absolute Gasteiger partial charge is 0.338 e. The molecule has 0 bridgehead atoms. The van der Waals surface area contributed by atoms with Gasteiger partial charge in [-0.25, -0.2) is 4.79 Å². The molecule has 2 N–H and O–H groups in total. The number of amides is 1. The van der Waals surface area contributed by atoms with Crippen LogP contribution in [0.15, 0.2) is 18.2 Å². The molecule has 2 aliphatic rings. The number of carboxylic acids is 1. The first-order chi connectivity index (χ1) is 9.09. The fourth-order valence-electron chi connectivity index (χ4n) is 3.48. The van der Waals surface area contributed by atoms with E-state index in [2.05, 4.69) is 5.32 Å². The van der Waals surface area contributed by atoms with E-state index in [0.29, 0.717) is 23.1 Å². The van der Waals surface area contributed by atoms with Crippen molar-refractivity contribution in [1.82, 2.24) is 0 Å². The van der Waals surface area contributed by atoms with Gasteiger partial charge in [0, 0.05) is 5.92 Å². The van der Waals surface area contributed by atoms with Gasteiger partial charge in [0.25, 0.3) is 0 Å². The Morgan fingerprint density at radius 3 is 2.58 bits per heavy atom. The summed E-state index contributed by atoms with van der Waals surface area (Å²) in [5, 5.41) is 12.0. The summed E-state index contributed by atoms with van der Waals surface area (Å²) in [4.78, 5) is 23.4. The van der Waals surface area contributed by atoms with Crippen LogP contribution >= 0.6 is 0 Å². The molecule has 2 unspecified atom stereocenters. The Morgan fingerprint density at radius 1 is 1.26 bits per heavy atom. The fourth-order valence-corrected chi connectivity index (χ4v) is 3.48. The third-order valence-electron chi connectivity index (χ3n) is 4.45. The van der Waals surface area contributed by atoms with Crippen LogP contribution in [-0.2, 0) is 4.79 Å². The van der Waals surface area contributed by atoms with Crippen LogP contribution in [-0.4, -0.2) is 17.0 Å². The number of fused-ring (bicyclic) bond motifs is 1. The van der Waals surface area contributed by atoms with Gasteiger partial charge in [-0.3, -0.25) is 4.79 Å². The second kappa shape index (κ2) is 4.37. The van der Waals surface area contributed by atoms with Gasteiger partial charge in [-0.15, -0.1) is 0 Å². The molecule has 4 heteroatoms. The van der Waals surface area contributed by atoms with E-state index in [9.17, 15) is 14.7 Å². The Kier molecular flexibility index (Phi) is 2.81. The van der Waals surface area contributed by atoms with Crippen LogP contribution in [0.3, 0.4) is 0 Å². The maximum Gasteiger partial charge on any atom is 0.338 e. The van der Waals surface area contributed by atoms with E-state index in [1.54, 1.807) is 25.1 Å². The molecule has 0 radical (unpaired) electrons. The summed E-state index contributed by atoms with van der Waals surface area (Å²) in [6.07, 6.45) is 3.51. The number of hydrogen-bond acceptors (Lipinski definition) is 2. The molecular weight excluding hydrogens is 242 g/mol. The topological polar surface area (TPSA) is 66.4 Å². The minimum Gasteiger partial charge on any atom is -0.478 e. The number of rotatable bonds is 3. The van der Waals surface area contributed by atoms with Gasteiger partial charge >= 0.3 is 5.97 Å². The summed E-state index contributed by atoms with van der Waals surface area (Å²) in [7, 11) is 0. The summed E-state index contributed by atoms with van der Waals surface area (Å²) in [5.41, 5.74) is 1.28. The van der Waals surface area contributed by atoms with Gasteiger partial charge < -0.3 is 10.4 Å². The summed E-state index contributed by atoms with van der Waals surface area (Å²) in [5.74, 6) is 0.180. The molecule has 0 aromatic heterocycles. The predicted octanol–water partition coefficient (Wildman–Crippen LogP) is 2.68. The minimum absolute atomic E-state index is 0.0113. The Morgan fingerprint density at radius 2 is 1.95 bits per heavy atom. The molecule has 0 saturated heterocycles. The lowest BCUT2D eigenvalue weighted by Gasteiger charge is -2.11. The molecule has 0 heterocycles. The first-order valence-corrected chi connectivity index (χ1v) is 6.73. The molecular formula is C15H17NO3. The Bertz CT molecular complexity index is 542. The highest BCUT2D eigenvalue weighted by Gasteiger charge is 2.56. The van der Waals surface area contributed by atoms with Crippen LogP contribution < -0.4 is 5.32 Å². The number of carbonyl (C=O) groups is 2. The number of carboxylic acid groups (broad SMARTS) is 1. The number of carbonyl (C=O) groups excluding carboxylic acids is 1. The van der Waals surface area contributed by atoms with E-state index in [1.807, 2.05) is 0 Å². The summed E-state index contributed by atoms with van der Waals surface area (Å²) >= 11 is 0. The second-order valence-corrected chi connectivity index (χ2v) is 5.58. The number of aromatic carboxylic acids is 1. The number of anilines is 1. The van der Waals surface area contributed by atoms with Crippen LogP contribution in [0, 0.1) is 24.7 Å². The molecule has 4 nitrogen and oxygen atoms in total. The zero-order valence-corrected chi connectivity index (χ0v) is 10.8. The van der Waals surface area contributed by atoms with Gasteiger partial charge in [0.2, 0.25) is 5.91 Å². The van der Waals surface area contributed by atoms with Gasteiger partial charge in [-0.05, 0) is 43.2 Å². The van der Waals surface area contributed by atoms with E-state index in [1.165, 1.54) is 6.42 Å². The van der Waals surface area contributed by atoms with E-state index in [0.717, 1.165) is 12.8 Å². The zero-order chi connectivity index (χ0) is 13.6. The predicted molar refractivity (Wildman–Crippen MR) is 71.1 cm³/mol. The Hall–Kier alpha value is -1.84. The van der Waals surface area contributed by atoms with Crippen LogP contribution in [0.2, 0.25) is 0 Å². The second-order valence-electron chi connectivity index (χ2n) is 5.58. The maximum atomic E-state index is 12.2. The van der Waals surface area contributed by atoms with Crippen LogP contribution in [0.25, 0.3) is 0 Å². The highest BCUT2D eigenvalue weighted by Crippen LogP contribution is 2.57. The van der Waals surface area contributed by atoms with E-state index >= 15 is 0 Å². The van der Waals surface area contributed by atoms with Crippen LogP contribution in [0.5, 0.6) is 0 Å². The van der Waals surface area contributed by atoms with Gasteiger partial charge in [0.05, 0.1) is 11.3 Å². The van der Waals surface area contributed by atoms with Crippen molar-refractivity contribution in [2.75, 3.05) is 5.32 Å². The van der Waals surface area contributed by atoms with Crippen molar-refractivity contribution < 1.29 is 14.7 Å². The van der Waals surface area contributed by atoms with Crippen molar-refractivity contribution >= 4 is 17.6 Å². The summed E-state index contributed by atoms with van der Waals surface area (Å²) in [6, 6.07) is 5.17. The first kappa shape index (κ1) is 12.2. The maximum absolute atomic E-state index is 12.2. The van der Waals surface area contributed by atoms with Crippen molar-refractivity contribution in [2.24, 2.45) is 17.8 Å². The first-order valence-electron chi connectivity index (χ1n) is 6.73. The highest BCUT2D eigenvalue weighted by atomic mass is 16.4. The number of nitrogens with one attached hydrogen (secondary N) is 1. The van der Waals surface area contributed by atoms with Crippen LogP contribution in [0.4, 0.5) is 5.69 Å². The Labute approximate surface area is 111 Å². The van der Waals surface area contributed by atoms with Gasteiger partial charge in [0.15, 0.2) is 0 Å². The summed E-state index contributed by atoms with van der Waals surface area (Å²) in [6.45, 7) is 1.74. The normalized spacial score (nSPS) is 27.7. The molecule has 2 aliphatic carbocycles. The van der Waals surface area contributed by atoms with Crippen molar-refractivity contribution in [1.29, 1.82) is 0 Å². The van der Waals surface area contributed by atoms with Crippen molar-refractivity contribution in [2.45, 2.75) is 26.2 Å². The molecule has 0 aliphatic heterocycles. The molecule has 1 amide bonds. The molecule has 100 valence electrons. The minimum atomic E-state index is -0.996. The third-order valence-corrected chi connectivity index (χ3v) is 4.45. The molecule has 2 saturated carbocycles. The van der Waals surface area contributed by atoms with Crippen LogP contribution in [0.1, 0.15) is 35.2 Å². The highest BCUT2D eigenvalue weighted by molar-refractivity contribution is 6.03.